The zero-order valence-corrected chi connectivity index (χ0v) is 12.0. The van der Waals surface area contributed by atoms with Crippen molar-refractivity contribution in [1.82, 2.24) is 0 Å². The first-order chi connectivity index (χ1) is 9.24. The van der Waals surface area contributed by atoms with Gasteiger partial charge in [0.05, 0.1) is 7.11 Å². The van der Waals surface area contributed by atoms with Crippen LogP contribution >= 0.6 is 0 Å². The lowest BCUT2D eigenvalue weighted by molar-refractivity contribution is 0.100. The molecule has 1 aliphatic rings. The third kappa shape index (κ3) is 8.21. The first-order valence-corrected chi connectivity index (χ1v) is 6.75. The van der Waals surface area contributed by atoms with Gasteiger partial charge >= 0.3 is 0 Å². The monoisotopic (exact) mass is 266 g/mol. The highest BCUT2D eigenvalue weighted by molar-refractivity contribution is 5.92. The Labute approximate surface area is 116 Å². The van der Waals surface area contributed by atoms with Gasteiger partial charge in [-0.15, -0.1) is 0 Å². The third-order valence-electron chi connectivity index (χ3n) is 2.87. The summed E-state index contributed by atoms with van der Waals surface area (Å²) < 4.78 is 4.90. The van der Waals surface area contributed by atoms with Crippen LogP contribution in [0.4, 0.5) is 0 Å². The van der Waals surface area contributed by atoms with Gasteiger partial charge in [0.25, 0.3) is 0 Å². The van der Waals surface area contributed by atoms with Gasteiger partial charge in [0.2, 0.25) is 5.91 Å². The zero-order chi connectivity index (χ0) is 14.5. The lowest BCUT2D eigenvalue weighted by atomic mass is 10.0. The molecule has 1 aromatic carbocycles. The standard InChI is InChI=1S/C8H9NO2.C6H12.CH5N/c1-11-7-4-2-6(3-5-7)8(9)10;1-2-4-6-5-3-1;1-2/h2-5H,1H3,(H2,9,10);1-6H2;2H2,1H3. The molecule has 4 heteroatoms. The Morgan fingerprint density at radius 3 is 1.58 bits per heavy atom. The number of primary amides is 1. The van der Waals surface area contributed by atoms with Crippen LogP contribution in [0.1, 0.15) is 48.9 Å². The highest BCUT2D eigenvalue weighted by Crippen LogP contribution is 2.15. The van der Waals surface area contributed by atoms with E-state index in [-0.39, 0.29) is 0 Å². The van der Waals surface area contributed by atoms with Gasteiger partial charge < -0.3 is 16.2 Å². The fourth-order valence-electron chi connectivity index (χ4n) is 1.82. The molecule has 1 saturated carbocycles. The van der Waals surface area contributed by atoms with Gasteiger partial charge in [-0.05, 0) is 31.3 Å². The number of amides is 1. The van der Waals surface area contributed by atoms with Crippen LogP contribution in [0.3, 0.4) is 0 Å². The minimum Gasteiger partial charge on any atom is -0.497 e. The molecule has 0 atom stereocenters. The maximum Gasteiger partial charge on any atom is 0.248 e. The van der Waals surface area contributed by atoms with E-state index in [1.165, 1.54) is 45.6 Å². The molecule has 1 amide bonds. The van der Waals surface area contributed by atoms with E-state index >= 15 is 0 Å². The number of hydrogen-bond acceptors (Lipinski definition) is 3. The normalized spacial score (nSPS) is 13.2. The smallest absolute Gasteiger partial charge is 0.248 e. The average Bonchev–Trinajstić information content (AvgIpc) is 2.51. The molecule has 2 rings (SSSR count). The minimum absolute atomic E-state index is 0.423. The van der Waals surface area contributed by atoms with Crippen molar-refractivity contribution in [3.05, 3.63) is 29.8 Å². The SMILES string of the molecule is C1CCCCC1.CN.COc1ccc(C(N)=O)cc1. The van der Waals surface area contributed by atoms with E-state index in [9.17, 15) is 4.79 Å². The molecule has 4 N–H and O–H groups in total. The summed E-state index contributed by atoms with van der Waals surface area (Å²) in [6.45, 7) is 0. The molecule has 4 nitrogen and oxygen atoms in total. The molecule has 0 aliphatic heterocycles. The predicted molar refractivity (Wildman–Crippen MR) is 79.3 cm³/mol. The van der Waals surface area contributed by atoms with Crippen LogP contribution in [-0.4, -0.2) is 20.1 Å². The molecular formula is C15H26N2O2. The number of rotatable bonds is 2. The molecule has 108 valence electrons. The van der Waals surface area contributed by atoms with E-state index < -0.39 is 5.91 Å². The quantitative estimate of drug-likeness (QED) is 0.863. The number of nitrogens with two attached hydrogens (primary N) is 2. The minimum atomic E-state index is -0.423. The van der Waals surface area contributed by atoms with Crippen LogP contribution in [0.25, 0.3) is 0 Å². The van der Waals surface area contributed by atoms with E-state index in [4.69, 9.17) is 10.5 Å². The van der Waals surface area contributed by atoms with Crippen molar-refractivity contribution >= 4 is 5.91 Å². The number of benzene rings is 1. The number of hydrogen-bond donors (Lipinski definition) is 2. The second-order valence-corrected chi connectivity index (χ2v) is 4.21. The second kappa shape index (κ2) is 11.5. The van der Waals surface area contributed by atoms with Crippen LogP contribution in [0.15, 0.2) is 24.3 Å². The van der Waals surface area contributed by atoms with Crippen molar-refractivity contribution < 1.29 is 9.53 Å². The van der Waals surface area contributed by atoms with E-state index in [1.807, 2.05) is 0 Å². The maximum absolute atomic E-state index is 10.6. The van der Waals surface area contributed by atoms with Gasteiger partial charge in [-0.2, -0.15) is 0 Å². The predicted octanol–water partition coefficient (Wildman–Crippen LogP) is 2.71. The fourth-order valence-corrected chi connectivity index (χ4v) is 1.82. The zero-order valence-electron chi connectivity index (χ0n) is 12.0. The van der Waals surface area contributed by atoms with Crippen molar-refractivity contribution in [3.63, 3.8) is 0 Å². The Hall–Kier alpha value is -1.55. The Morgan fingerprint density at radius 2 is 1.32 bits per heavy atom. The number of ether oxygens (including phenoxy) is 1. The van der Waals surface area contributed by atoms with Crippen LogP contribution in [-0.2, 0) is 0 Å². The van der Waals surface area contributed by atoms with E-state index in [1.54, 1.807) is 31.4 Å². The lowest BCUT2D eigenvalue weighted by Gasteiger charge is -2.05. The molecule has 0 aromatic heterocycles. The summed E-state index contributed by atoms with van der Waals surface area (Å²) in [5.74, 6) is 0.294. The highest BCUT2D eigenvalue weighted by atomic mass is 16.5. The fraction of sp³-hybridized carbons (Fsp3) is 0.533. The molecule has 1 aromatic rings. The molecule has 0 heterocycles. The van der Waals surface area contributed by atoms with Crippen LogP contribution in [0, 0.1) is 0 Å². The first-order valence-electron chi connectivity index (χ1n) is 6.75. The summed E-state index contributed by atoms with van der Waals surface area (Å²) >= 11 is 0. The van der Waals surface area contributed by atoms with Crippen molar-refractivity contribution in [3.8, 4) is 5.75 Å². The number of carbonyl (C=O) groups is 1. The molecule has 1 aliphatic carbocycles. The summed E-state index contributed by atoms with van der Waals surface area (Å²) in [6.07, 6.45) is 9.00. The molecule has 0 unspecified atom stereocenters. The largest absolute Gasteiger partial charge is 0.497 e. The Kier molecular flexibility index (Phi) is 10.6. The summed E-state index contributed by atoms with van der Waals surface area (Å²) in [4.78, 5) is 10.6. The van der Waals surface area contributed by atoms with Gasteiger partial charge in [-0.3, -0.25) is 4.79 Å². The van der Waals surface area contributed by atoms with Gasteiger partial charge in [-0.1, -0.05) is 38.5 Å². The molecule has 1 fully saturated rings. The van der Waals surface area contributed by atoms with Gasteiger partial charge in [0.15, 0.2) is 0 Å². The molecule has 19 heavy (non-hydrogen) atoms. The Bertz CT molecular complexity index is 321. The third-order valence-corrected chi connectivity index (χ3v) is 2.87. The molecular weight excluding hydrogens is 240 g/mol. The Balaban J connectivity index is 0.000000341. The summed E-state index contributed by atoms with van der Waals surface area (Å²) in [7, 11) is 3.07. The van der Waals surface area contributed by atoms with Crippen LogP contribution in [0.2, 0.25) is 0 Å². The number of carbonyl (C=O) groups excluding carboxylic acids is 1. The van der Waals surface area contributed by atoms with Crippen molar-refractivity contribution in [2.24, 2.45) is 11.5 Å². The van der Waals surface area contributed by atoms with Crippen LogP contribution in [0.5, 0.6) is 5.75 Å². The average molecular weight is 266 g/mol. The van der Waals surface area contributed by atoms with Gasteiger partial charge in [0.1, 0.15) is 5.75 Å². The topological polar surface area (TPSA) is 78.3 Å². The summed E-state index contributed by atoms with van der Waals surface area (Å²) in [6, 6.07) is 6.64. The van der Waals surface area contributed by atoms with E-state index in [2.05, 4.69) is 5.73 Å². The van der Waals surface area contributed by atoms with Gasteiger partial charge in [-0.25, -0.2) is 0 Å². The molecule has 0 saturated heterocycles. The van der Waals surface area contributed by atoms with E-state index in [0.29, 0.717) is 5.56 Å². The molecule has 0 bridgehead atoms. The molecule has 0 radical (unpaired) electrons. The van der Waals surface area contributed by atoms with Gasteiger partial charge in [0, 0.05) is 5.56 Å². The molecule has 0 spiro atoms. The lowest BCUT2D eigenvalue weighted by Crippen LogP contribution is -2.10. The Morgan fingerprint density at radius 1 is 0.947 bits per heavy atom. The highest BCUT2D eigenvalue weighted by Gasteiger charge is 1.98. The van der Waals surface area contributed by atoms with Crippen molar-refractivity contribution in [1.29, 1.82) is 0 Å². The van der Waals surface area contributed by atoms with Crippen LogP contribution < -0.4 is 16.2 Å². The first kappa shape index (κ1) is 17.4. The van der Waals surface area contributed by atoms with Crippen molar-refractivity contribution in [2.75, 3.05) is 14.2 Å². The second-order valence-electron chi connectivity index (χ2n) is 4.21. The van der Waals surface area contributed by atoms with Crippen molar-refractivity contribution in [2.45, 2.75) is 38.5 Å². The summed E-state index contributed by atoms with van der Waals surface area (Å²) in [5.41, 5.74) is 10.0. The maximum atomic E-state index is 10.6. The van der Waals surface area contributed by atoms with E-state index in [0.717, 1.165) is 5.75 Å². The number of methoxy groups -OCH3 is 1. The summed E-state index contributed by atoms with van der Waals surface area (Å²) in [5, 5.41) is 0.